The molecule has 0 aliphatic rings. The monoisotopic (exact) mass is 333 g/mol. The fourth-order valence-electron chi connectivity index (χ4n) is 2.68. The van der Waals surface area contributed by atoms with Crippen LogP contribution in [0.1, 0.15) is 56.1 Å². The number of aryl methyl sites for hydroxylation is 2. The SMILES string of the molecule is CNC(=O)CCCCCc1cccc(CC[C@@H](N)CCC(N)=O)c1. The minimum absolute atomic E-state index is 0.0193. The van der Waals surface area contributed by atoms with Crippen LogP contribution in [0.15, 0.2) is 24.3 Å². The highest BCUT2D eigenvalue weighted by molar-refractivity contribution is 5.75. The lowest BCUT2D eigenvalue weighted by atomic mass is 9.99. The summed E-state index contributed by atoms with van der Waals surface area (Å²) in [7, 11) is 1.67. The second-order valence-corrected chi connectivity index (χ2v) is 6.36. The van der Waals surface area contributed by atoms with Crippen molar-refractivity contribution >= 4 is 11.8 Å². The molecule has 0 unspecified atom stereocenters. The van der Waals surface area contributed by atoms with Crippen LogP contribution in [0, 0.1) is 0 Å². The van der Waals surface area contributed by atoms with Crippen molar-refractivity contribution < 1.29 is 9.59 Å². The molecule has 1 atom stereocenters. The summed E-state index contributed by atoms with van der Waals surface area (Å²) in [6.45, 7) is 0. The van der Waals surface area contributed by atoms with Crippen molar-refractivity contribution in [3.63, 3.8) is 0 Å². The number of rotatable bonds is 12. The number of hydrogen-bond acceptors (Lipinski definition) is 3. The summed E-state index contributed by atoms with van der Waals surface area (Å²) in [6.07, 6.45) is 7.54. The van der Waals surface area contributed by atoms with E-state index in [9.17, 15) is 9.59 Å². The summed E-state index contributed by atoms with van der Waals surface area (Å²) in [4.78, 5) is 21.9. The van der Waals surface area contributed by atoms with Crippen LogP contribution in [0.3, 0.4) is 0 Å². The van der Waals surface area contributed by atoms with E-state index in [-0.39, 0.29) is 17.9 Å². The van der Waals surface area contributed by atoms with Gasteiger partial charge in [0.2, 0.25) is 11.8 Å². The first-order chi connectivity index (χ1) is 11.5. The lowest BCUT2D eigenvalue weighted by molar-refractivity contribution is -0.120. The van der Waals surface area contributed by atoms with E-state index in [1.54, 1.807) is 7.05 Å². The lowest BCUT2D eigenvalue weighted by Crippen LogP contribution is -2.23. The minimum Gasteiger partial charge on any atom is -0.370 e. The first-order valence-corrected chi connectivity index (χ1v) is 8.83. The third kappa shape index (κ3) is 9.30. The molecule has 1 aromatic rings. The van der Waals surface area contributed by atoms with Crippen LogP contribution in [-0.4, -0.2) is 24.9 Å². The van der Waals surface area contributed by atoms with Crippen molar-refractivity contribution in [1.29, 1.82) is 0 Å². The van der Waals surface area contributed by atoms with Crippen molar-refractivity contribution in [2.24, 2.45) is 11.5 Å². The van der Waals surface area contributed by atoms with E-state index in [0.29, 0.717) is 19.3 Å². The van der Waals surface area contributed by atoms with Crippen LogP contribution in [-0.2, 0) is 22.4 Å². The van der Waals surface area contributed by atoms with E-state index in [0.717, 1.165) is 38.5 Å². The van der Waals surface area contributed by atoms with E-state index >= 15 is 0 Å². The summed E-state index contributed by atoms with van der Waals surface area (Å²) >= 11 is 0. The van der Waals surface area contributed by atoms with Gasteiger partial charge < -0.3 is 16.8 Å². The number of hydrogen-bond donors (Lipinski definition) is 3. The topological polar surface area (TPSA) is 98.2 Å². The highest BCUT2D eigenvalue weighted by atomic mass is 16.1. The molecule has 24 heavy (non-hydrogen) atoms. The van der Waals surface area contributed by atoms with Crippen LogP contribution in [0.2, 0.25) is 0 Å². The highest BCUT2D eigenvalue weighted by Gasteiger charge is 2.06. The molecule has 0 bridgehead atoms. The van der Waals surface area contributed by atoms with Crippen LogP contribution >= 0.6 is 0 Å². The fourth-order valence-corrected chi connectivity index (χ4v) is 2.68. The summed E-state index contributed by atoms with van der Waals surface area (Å²) in [5.41, 5.74) is 13.8. The maximum atomic E-state index is 11.2. The molecule has 0 aromatic heterocycles. The predicted octanol–water partition coefficient (Wildman–Crippen LogP) is 2.06. The Kier molecular flexibility index (Phi) is 9.77. The number of nitrogens with two attached hydrogens (primary N) is 2. The van der Waals surface area contributed by atoms with Gasteiger partial charge in [-0.25, -0.2) is 0 Å². The Balaban J connectivity index is 2.28. The third-order valence-corrected chi connectivity index (χ3v) is 4.20. The number of carbonyl (C=O) groups is 2. The maximum Gasteiger partial charge on any atom is 0.219 e. The van der Waals surface area contributed by atoms with Gasteiger partial charge in [0.15, 0.2) is 0 Å². The van der Waals surface area contributed by atoms with Crippen LogP contribution in [0.4, 0.5) is 0 Å². The zero-order chi connectivity index (χ0) is 17.8. The smallest absolute Gasteiger partial charge is 0.219 e. The second kappa shape index (κ2) is 11.6. The zero-order valence-electron chi connectivity index (χ0n) is 14.7. The van der Waals surface area contributed by atoms with Gasteiger partial charge >= 0.3 is 0 Å². The lowest BCUT2D eigenvalue weighted by Gasteiger charge is -2.11. The Bertz CT molecular complexity index is 517. The number of nitrogens with one attached hydrogen (secondary N) is 1. The van der Waals surface area contributed by atoms with Crippen molar-refractivity contribution in [2.75, 3.05) is 7.05 Å². The van der Waals surface area contributed by atoms with Gasteiger partial charge in [-0.2, -0.15) is 0 Å². The molecule has 0 radical (unpaired) electrons. The predicted molar refractivity (Wildman–Crippen MR) is 97.4 cm³/mol. The summed E-state index contributed by atoms with van der Waals surface area (Å²) < 4.78 is 0. The third-order valence-electron chi connectivity index (χ3n) is 4.20. The van der Waals surface area contributed by atoms with Crippen LogP contribution in [0.5, 0.6) is 0 Å². The molecule has 2 amide bonds. The standard InChI is InChI=1S/C19H31N3O2/c1-22-19(24)9-4-2-3-6-15-7-5-8-16(14-15)10-11-17(20)12-13-18(21)23/h5,7-8,14,17H,2-4,6,9-13,20H2,1H3,(H2,21,23)(H,22,24)/t17-/m1/s1. The van der Waals surface area contributed by atoms with Gasteiger partial charge in [0.05, 0.1) is 0 Å². The van der Waals surface area contributed by atoms with Gasteiger partial charge in [-0.15, -0.1) is 0 Å². The molecule has 0 aliphatic heterocycles. The van der Waals surface area contributed by atoms with Gasteiger partial charge in [-0.1, -0.05) is 30.7 Å². The Morgan fingerprint density at radius 3 is 2.42 bits per heavy atom. The Morgan fingerprint density at radius 1 is 1.04 bits per heavy atom. The molecule has 0 spiro atoms. The summed E-state index contributed by atoms with van der Waals surface area (Å²) in [5, 5.41) is 2.64. The molecule has 0 saturated carbocycles. The molecular weight excluding hydrogens is 302 g/mol. The normalized spacial score (nSPS) is 11.9. The fraction of sp³-hybridized carbons (Fsp3) is 0.579. The van der Waals surface area contributed by atoms with Crippen LogP contribution < -0.4 is 16.8 Å². The first kappa shape index (κ1) is 20.2. The number of primary amides is 1. The van der Waals surface area contributed by atoms with Crippen molar-refractivity contribution in [2.45, 2.75) is 63.8 Å². The van der Waals surface area contributed by atoms with Gasteiger partial charge in [0.25, 0.3) is 0 Å². The molecule has 5 heteroatoms. The molecule has 0 saturated heterocycles. The molecule has 0 heterocycles. The largest absolute Gasteiger partial charge is 0.370 e. The molecule has 5 N–H and O–H groups in total. The minimum atomic E-state index is -0.288. The highest BCUT2D eigenvalue weighted by Crippen LogP contribution is 2.13. The molecule has 0 fully saturated rings. The second-order valence-electron chi connectivity index (χ2n) is 6.36. The molecule has 5 nitrogen and oxygen atoms in total. The number of unbranched alkanes of at least 4 members (excludes halogenated alkanes) is 2. The van der Waals surface area contributed by atoms with Crippen molar-refractivity contribution in [1.82, 2.24) is 5.32 Å². The van der Waals surface area contributed by atoms with E-state index in [2.05, 4.69) is 29.6 Å². The molecule has 0 aliphatic carbocycles. The Labute approximate surface area is 145 Å². The quantitative estimate of drug-likeness (QED) is 0.511. The molecule has 1 aromatic carbocycles. The maximum absolute atomic E-state index is 11.2. The molecular formula is C19H31N3O2. The van der Waals surface area contributed by atoms with Gasteiger partial charge in [-0.3, -0.25) is 9.59 Å². The zero-order valence-corrected chi connectivity index (χ0v) is 14.7. The van der Waals surface area contributed by atoms with Crippen molar-refractivity contribution in [3.05, 3.63) is 35.4 Å². The molecule has 1 rings (SSSR count). The average Bonchev–Trinajstić information content (AvgIpc) is 2.58. The molecule has 134 valence electrons. The average molecular weight is 333 g/mol. The Morgan fingerprint density at radius 2 is 1.75 bits per heavy atom. The summed E-state index contributed by atoms with van der Waals surface area (Å²) in [6, 6.07) is 8.61. The first-order valence-electron chi connectivity index (χ1n) is 8.83. The van der Waals surface area contributed by atoms with E-state index in [1.807, 2.05) is 0 Å². The van der Waals surface area contributed by atoms with Gasteiger partial charge in [0, 0.05) is 25.9 Å². The number of carbonyl (C=O) groups excluding carboxylic acids is 2. The van der Waals surface area contributed by atoms with Gasteiger partial charge in [0.1, 0.15) is 0 Å². The summed E-state index contributed by atoms with van der Waals surface area (Å²) in [5.74, 6) is -0.173. The van der Waals surface area contributed by atoms with Crippen molar-refractivity contribution in [3.8, 4) is 0 Å². The van der Waals surface area contributed by atoms with E-state index in [1.165, 1.54) is 11.1 Å². The van der Waals surface area contributed by atoms with E-state index in [4.69, 9.17) is 11.5 Å². The number of amides is 2. The number of benzene rings is 1. The van der Waals surface area contributed by atoms with Crippen LogP contribution in [0.25, 0.3) is 0 Å². The Hall–Kier alpha value is -1.88. The van der Waals surface area contributed by atoms with Gasteiger partial charge in [-0.05, 0) is 49.7 Å². The van der Waals surface area contributed by atoms with E-state index < -0.39 is 0 Å².